The first-order valence-electron chi connectivity index (χ1n) is 9.37. The maximum atomic E-state index is 12.7. The van der Waals surface area contributed by atoms with Gasteiger partial charge in [-0.05, 0) is 30.9 Å². The fourth-order valence-electron chi connectivity index (χ4n) is 3.79. The second-order valence-electron chi connectivity index (χ2n) is 7.44. The number of rotatable bonds is 8. The molecule has 0 spiro atoms. The minimum absolute atomic E-state index is 0.0197. The molecule has 2 rings (SSSR count). The Hall–Kier alpha value is -2.08. The molecule has 0 aliphatic heterocycles. The van der Waals surface area contributed by atoms with E-state index >= 15 is 0 Å². The number of amides is 2. The van der Waals surface area contributed by atoms with Gasteiger partial charge in [0, 0.05) is 19.1 Å². The topological polar surface area (TPSA) is 72.9 Å². The number of carbonyl (C=O) groups is 2. The van der Waals surface area contributed by atoms with Gasteiger partial charge in [-0.2, -0.15) is 0 Å². The van der Waals surface area contributed by atoms with E-state index in [2.05, 4.69) is 31.3 Å². The summed E-state index contributed by atoms with van der Waals surface area (Å²) in [5.74, 6) is -0.504. The highest BCUT2D eigenvalue weighted by Crippen LogP contribution is 2.29. The van der Waals surface area contributed by atoms with Crippen LogP contribution in [0.15, 0.2) is 30.3 Å². The van der Waals surface area contributed by atoms with Crippen molar-refractivity contribution in [2.45, 2.75) is 51.7 Å². The molecule has 1 fully saturated rings. The molecule has 1 unspecified atom stereocenters. The van der Waals surface area contributed by atoms with E-state index in [9.17, 15) is 9.59 Å². The van der Waals surface area contributed by atoms with Gasteiger partial charge in [0.25, 0.3) is 0 Å². The van der Waals surface area contributed by atoms with Crippen LogP contribution in [0, 0.1) is 5.92 Å². The minimum Gasteiger partial charge on any atom is -0.480 e. The van der Waals surface area contributed by atoms with Crippen molar-refractivity contribution in [2.75, 3.05) is 20.1 Å². The van der Waals surface area contributed by atoms with E-state index in [0.717, 1.165) is 18.4 Å². The third kappa shape index (κ3) is 4.97. The van der Waals surface area contributed by atoms with Crippen molar-refractivity contribution in [3.63, 3.8) is 0 Å². The summed E-state index contributed by atoms with van der Waals surface area (Å²) in [7, 11) is 1.84. The van der Waals surface area contributed by atoms with Crippen molar-refractivity contribution in [1.82, 2.24) is 15.1 Å². The van der Waals surface area contributed by atoms with E-state index in [0.29, 0.717) is 12.5 Å². The number of nitrogens with one attached hydrogen (secondary N) is 1. The molecule has 1 aromatic carbocycles. The van der Waals surface area contributed by atoms with Crippen LogP contribution in [0.2, 0.25) is 0 Å². The number of carboxylic acid groups (broad SMARTS) is 1. The number of hydrogen-bond acceptors (Lipinski definition) is 3. The van der Waals surface area contributed by atoms with E-state index in [1.54, 1.807) is 4.90 Å². The van der Waals surface area contributed by atoms with E-state index < -0.39 is 5.97 Å². The zero-order chi connectivity index (χ0) is 19.3. The van der Waals surface area contributed by atoms with E-state index in [-0.39, 0.29) is 30.7 Å². The van der Waals surface area contributed by atoms with Crippen molar-refractivity contribution < 1.29 is 14.7 Å². The van der Waals surface area contributed by atoms with E-state index in [1.165, 1.54) is 0 Å². The number of aliphatic carboxylic acids is 1. The molecule has 0 radical (unpaired) electrons. The first kappa shape index (κ1) is 20.2. The number of carbonyl (C=O) groups excluding carboxylic acids is 1. The number of carboxylic acids is 1. The molecule has 0 aromatic heterocycles. The first-order chi connectivity index (χ1) is 12.3. The predicted octanol–water partition coefficient (Wildman–Crippen LogP) is 2.96. The summed E-state index contributed by atoms with van der Waals surface area (Å²) in [5, 5.41) is 12.1. The molecular weight excluding hydrogens is 330 g/mol. The molecule has 2 N–H and O–H groups in total. The molecule has 144 valence electrons. The Balaban J connectivity index is 1.90. The number of nitrogens with zero attached hydrogens (tertiary/aromatic N) is 2. The lowest BCUT2D eigenvalue weighted by atomic mass is 9.85. The smallest absolute Gasteiger partial charge is 0.317 e. The lowest BCUT2D eigenvalue weighted by Crippen LogP contribution is -2.56. The lowest BCUT2D eigenvalue weighted by molar-refractivity contribution is -0.139. The Bertz CT molecular complexity index is 600. The number of urea groups is 1. The third-order valence-electron chi connectivity index (χ3n) is 5.21. The molecule has 1 aliphatic carbocycles. The largest absolute Gasteiger partial charge is 0.480 e. The molecule has 1 aliphatic rings. The van der Waals surface area contributed by atoms with Crippen LogP contribution in [0.1, 0.15) is 45.2 Å². The highest BCUT2D eigenvalue weighted by atomic mass is 16.4. The van der Waals surface area contributed by atoms with Gasteiger partial charge in [-0.1, -0.05) is 51.1 Å². The van der Waals surface area contributed by atoms with Gasteiger partial charge in [-0.3, -0.25) is 9.69 Å². The molecule has 1 saturated carbocycles. The zero-order valence-electron chi connectivity index (χ0n) is 16.2. The molecule has 0 saturated heterocycles. The molecule has 2 amide bonds. The fourth-order valence-corrected chi connectivity index (χ4v) is 3.79. The molecule has 0 bridgehead atoms. The van der Waals surface area contributed by atoms with Gasteiger partial charge in [0.15, 0.2) is 0 Å². The van der Waals surface area contributed by atoms with Crippen LogP contribution in [0.4, 0.5) is 4.79 Å². The van der Waals surface area contributed by atoms with Crippen molar-refractivity contribution in [2.24, 2.45) is 5.92 Å². The monoisotopic (exact) mass is 361 g/mol. The van der Waals surface area contributed by atoms with Gasteiger partial charge in [-0.15, -0.1) is 0 Å². The molecular formula is C20H31N3O3. The van der Waals surface area contributed by atoms with Crippen molar-refractivity contribution in [3.05, 3.63) is 35.9 Å². The Morgan fingerprint density at radius 1 is 1.23 bits per heavy atom. The quantitative estimate of drug-likeness (QED) is 0.747. The summed E-state index contributed by atoms with van der Waals surface area (Å²) in [6, 6.07) is 10.4. The maximum Gasteiger partial charge on any atom is 0.317 e. The van der Waals surface area contributed by atoms with Gasteiger partial charge in [-0.25, -0.2) is 4.79 Å². The highest BCUT2D eigenvalue weighted by molar-refractivity contribution is 5.75. The summed E-state index contributed by atoms with van der Waals surface area (Å²) in [6.07, 6.45) is 1.61. The highest BCUT2D eigenvalue weighted by Gasteiger charge is 2.36. The average Bonchev–Trinajstić information content (AvgIpc) is 2.56. The van der Waals surface area contributed by atoms with Crippen LogP contribution >= 0.6 is 0 Å². The van der Waals surface area contributed by atoms with Gasteiger partial charge >= 0.3 is 12.0 Å². The second-order valence-corrected chi connectivity index (χ2v) is 7.44. The standard InChI is InChI=1S/C20H31N3O3/c1-5-23(13-18(24)25)17-11-16(12-17)21-20(26)22(4)19(14(2)3)15-9-7-6-8-10-15/h6-10,14,16-17,19H,5,11-13H2,1-4H3,(H,21,26)(H,24,25). The SMILES string of the molecule is CCN(CC(=O)O)C1CC(NC(=O)N(C)C(c2ccccc2)C(C)C)C1. The maximum absolute atomic E-state index is 12.7. The van der Waals surface area contributed by atoms with Crippen molar-refractivity contribution in [1.29, 1.82) is 0 Å². The van der Waals surface area contributed by atoms with Crippen LogP contribution in [-0.4, -0.2) is 59.1 Å². The first-order valence-corrected chi connectivity index (χ1v) is 9.37. The Morgan fingerprint density at radius 2 is 1.85 bits per heavy atom. The molecule has 26 heavy (non-hydrogen) atoms. The lowest BCUT2D eigenvalue weighted by Gasteiger charge is -2.43. The summed E-state index contributed by atoms with van der Waals surface area (Å²) < 4.78 is 0. The van der Waals surface area contributed by atoms with Crippen LogP contribution in [-0.2, 0) is 4.79 Å². The zero-order valence-corrected chi connectivity index (χ0v) is 16.2. The molecule has 1 aromatic rings. The normalized spacial score (nSPS) is 20.5. The van der Waals surface area contributed by atoms with Gasteiger partial charge in [0.2, 0.25) is 0 Å². The van der Waals surface area contributed by atoms with Gasteiger partial charge in [0.05, 0.1) is 12.6 Å². The Labute approximate surface area is 156 Å². The number of likely N-dealkylation sites (N-methyl/N-ethyl adjacent to an activating group) is 1. The molecule has 6 heteroatoms. The number of benzene rings is 1. The van der Waals surface area contributed by atoms with Crippen molar-refractivity contribution in [3.8, 4) is 0 Å². The minimum atomic E-state index is -0.804. The van der Waals surface area contributed by atoms with E-state index in [4.69, 9.17) is 5.11 Å². The predicted molar refractivity (Wildman–Crippen MR) is 102 cm³/mol. The Morgan fingerprint density at radius 3 is 2.35 bits per heavy atom. The van der Waals surface area contributed by atoms with Crippen LogP contribution in [0.3, 0.4) is 0 Å². The van der Waals surface area contributed by atoms with Crippen molar-refractivity contribution >= 4 is 12.0 Å². The van der Waals surface area contributed by atoms with Crippen LogP contribution in [0.5, 0.6) is 0 Å². The third-order valence-corrected chi connectivity index (χ3v) is 5.21. The summed E-state index contributed by atoms with van der Waals surface area (Å²) in [5.41, 5.74) is 1.13. The number of hydrogen-bond donors (Lipinski definition) is 2. The fraction of sp³-hybridized carbons (Fsp3) is 0.600. The second kappa shape index (κ2) is 9.03. The molecule has 6 nitrogen and oxygen atoms in total. The van der Waals surface area contributed by atoms with E-state index in [1.807, 2.05) is 37.1 Å². The van der Waals surface area contributed by atoms with Gasteiger partial charge < -0.3 is 15.3 Å². The van der Waals surface area contributed by atoms with Crippen LogP contribution in [0.25, 0.3) is 0 Å². The van der Waals surface area contributed by atoms with Crippen LogP contribution < -0.4 is 5.32 Å². The average molecular weight is 361 g/mol. The molecule has 0 heterocycles. The molecule has 1 atom stereocenters. The summed E-state index contributed by atoms with van der Waals surface area (Å²) in [6.45, 7) is 6.97. The Kier molecular flexibility index (Phi) is 7.03. The summed E-state index contributed by atoms with van der Waals surface area (Å²) in [4.78, 5) is 27.3. The van der Waals surface area contributed by atoms with Gasteiger partial charge in [0.1, 0.15) is 0 Å². The summed E-state index contributed by atoms with van der Waals surface area (Å²) >= 11 is 0.